The van der Waals surface area contributed by atoms with Crippen molar-refractivity contribution >= 4 is 23.4 Å². The van der Waals surface area contributed by atoms with E-state index in [1.165, 1.54) is 24.3 Å². The van der Waals surface area contributed by atoms with E-state index in [0.29, 0.717) is 30.0 Å². The van der Waals surface area contributed by atoms with Crippen LogP contribution in [0.4, 0.5) is 10.1 Å². The van der Waals surface area contributed by atoms with Crippen LogP contribution < -0.4 is 0 Å². The van der Waals surface area contributed by atoms with Crippen LogP contribution in [0, 0.1) is 15.9 Å². The maximum Gasteiger partial charge on any atom is 0.270 e. The molecule has 0 bridgehead atoms. The Labute approximate surface area is 198 Å². The summed E-state index contributed by atoms with van der Waals surface area (Å²) in [5.74, 6) is -1.04. The molecule has 0 saturated carbocycles. The highest BCUT2D eigenvalue weighted by atomic mass is 19.1. The SMILES string of the molecule is O=C(CCCN1C(=O)c2ccc([N+](=O)[O-])cc2C1=O)N1CCc2c(noc2-c2ccc(F)cc2)C1. The zero-order chi connectivity index (χ0) is 24.7. The van der Waals surface area contributed by atoms with Crippen molar-refractivity contribution in [1.82, 2.24) is 15.0 Å². The number of nitro benzene ring substituents is 1. The number of imide groups is 1. The van der Waals surface area contributed by atoms with Crippen LogP contribution in [-0.2, 0) is 17.8 Å². The van der Waals surface area contributed by atoms with Gasteiger partial charge in [0.1, 0.15) is 11.5 Å². The number of nitrogens with zero attached hydrogens (tertiary/aromatic N) is 4. The maximum atomic E-state index is 13.2. The number of carbonyl (C=O) groups excluding carboxylic acids is 3. The van der Waals surface area contributed by atoms with Gasteiger partial charge in [-0.05, 0) is 43.2 Å². The third-order valence-electron chi connectivity index (χ3n) is 6.24. The van der Waals surface area contributed by atoms with E-state index in [1.807, 2.05) is 0 Å². The summed E-state index contributed by atoms with van der Waals surface area (Å²) in [7, 11) is 0. The van der Waals surface area contributed by atoms with Gasteiger partial charge in [0, 0.05) is 42.8 Å². The number of aromatic nitrogens is 1. The fourth-order valence-electron chi connectivity index (χ4n) is 4.41. The number of fused-ring (bicyclic) bond motifs is 2. The number of hydrogen-bond acceptors (Lipinski definition) is 7. The zero-order valence-corrected chi connectivity index (χ0v) is 18.4. The van der Waals surface area contributed by atoms with E-state index >= 15 is 0 Å². The second-order valence-electron chi connectivity index (χ2n) is 8.36. The van der Waals surface area contributed by atoms with Crippen LogP contribution in [0.1, 0.15) is 44.8 Å². The van der Waals surface area contributed by atoms with Crippen molar-refractivity contribution in [2.24, 2.45) is 0 Å². The molecular weight excluding hydrogens is 459 g/mol. The molecule has 0 saturated heterocycles. The molecule has 3 amide bonds. The van der Waals surface area contributed by atoms with Crippen LogP contribution in [-0.4, -0.2) is 50.7 Å². The second-order valence-corrected chi connectivity index (χ2v) is 8.36. The Bertz CT molecular complexity index is 1370. The third kappa shape index (κ3) is 4.05. The van der Waals surface area contributed by atoms with E-state index in [-0.39, 0.29) is 54.5 Å². The van der Waals surface area contributed by atoms with E-state index in [9.17, 15) is 28.9 Å². The van der Waals surface area contributed by atoms with Gasteiger partial charge in [-0.25, -0.2) is 4.39 Å². The lowest BCUT2D eigenvalue weighted by Gasteiger charge is -2.26. The maximum absolute atomic E-state index is 13.2. The first kappa shape index (κ1) is 22.4. The Morgan fingerprint density at radius 1 is 1.11 bits per heavy atom. The molecule has 0 unspecified atom stereocenters. The molecule has 178 valence electrons. The van der Waals surface area contributed by atoms with Crippen molar-refractivity contribution in [3.63, 3.8) is 0 Å². The average Bonchev–Trinajstić information content (AvgIpc) is 3.38. The van der Waals surface area contributed by atoms with Gasteiger partial charge < -0.3 is 9.42 Å². The summed E-state index contributed by atoms with van der Waals surface area (Å²) in [5, 5.41) is 15.0. The van der Waals surface area contributed by atoms with Gasteiger partial charge in [0.05, 0.1) is 22.6 Å². The van der Waals surface area contributed by atoms with Gasteiger partial charge in [0.2, 0.25) is 5.91 Å². The van der Waals surface area contributed by atoms with E-state index in [4.69, 9.17) is 4.52 Å². The summed E-state index contributed by atoms with van der Waals surface area (Å²) < 4.78 is 18.7. The number of carbonyl (C=O) groups is 3. The van der Waals surface area contributed by atoms with Crippen molar-refractivity contribution in [3.8, 4) is 11.3 Å². The Balaban J connectivity index is 1.18. The first-order chi connectivity index (χ1) is 16.8. The molecule has 5 rings (SSSR count). The highest BCUT2D eigenvalue weighted by molar-refractivity contribution is 6.21. The second kappa shape index (κ2) is 8.75. The van der Waals surface area contributed by atoms with Crippen LogP contribution >= 0.6 is 0 Å². The smallest absolute Gasteiger partial charge is 0.270 e. The number of amides is 3. The quantitative estimate of drug-likeness (QED) is 0.302. The largest absolute Gasteiger partial charge is 0.356 e. The Hall–Kier alpha value is -4.41. The molecule has 0 aliphatic carbocycles. The fraction of sp³-hybridized carbons (Fsp3) is 0.250. The average molecular weight is 478 g/mol. The normalized spacial score (nSPS) is 14.8. The summed E-state index contributed by atoms with van der Waals surface area (Å²) in [5.41, 5.74) is 2.11. The summed E-state index contributed by atoms with van der Waals surface area (Å²) in [6.07, 6.45) is 0.912. The van der Waals surface area contributed by atoms with Crippen LogP contribution in [0.15, 0.2) is 47.0 Å². The number of halogens is 1. The van der Waals surface area contributed by atoms with Crippen molar-refractivity contribution in [1.29, 1.82) is 0 Å². The fourth-order valence-corrected chi connectivity index (χ4v) is 4.41. The molecule has 10 nitrogen and oxygen atoms in total. The standard InChI is InChI=1S/C24H19FN4O6/c25-15-5-3-14(4-6-15)22-18-9-11-27(13-20(18)26-35-22)21(30)2-1-10-28-23(31)17-8-7-16(29(33)34)12-19(17)24(28)32/h3-8,12H,1-2,9-11,13H2. The molecule has 1 aromatic heterocycles. The van der Waals surface area contributed by atoms with Crippen molar-refractivity contribution < 1.29 is 28.2 Å². The number of benzene rings is 2. The molecule has 35 heavy (non-hydrogen) atoms. The highest BCUT2D eigenvalue weighted by Gasteiger charge is 2.36. The van der Waals surface area contributed by atoms with Gasteiger partial charge >= 0.3 is 0 Å². The first-order valence-electron chi connectivity index (χ1n) is 11.0. The predicted octanol–water partition coefficient (Wildman–Crippen LogP) is 3.35. The molecule has 0 N–H and O–H groups in total. The van der Waals surface area contributed by atoms with Crippen molar-refractivity contribution in [2.45, 2.75) is 25.8 Å². The Morgan fingerprint density at radius 2 is 1.86 bits per heavy atom. The minimum Gasteiger partial charge on any atom is -0.356 e. The molecule has 3 heterocycles. The van der Waals surface area contributed by atoms with E-state index in [2.05, 4.69) is 5.16 Å². The summed E-state index contributed by atoms with van der Waals surface area (Å²) in [4.78, 5) is 50.9. The zero-order valence-electron chi connectivity index (χ0n) is 18.4. The van der Waals surface area contributed by atoms with Crippen molar-refractivity contribution in [2.75, 3.05) is 13.1 Å². The molecule has 0 atom stereocenters. The monoisotopic (exact) mass is 478 g/mol. The first-order valence-corrected chi connectivity index (χ1v) is 11.0. The lowest BCUT2D eigenvalue weighted by atomic mass is 10.0. The molecule has 2 aromatic carbocycles. The molecule has 0 fully saturated rings. The van der Waals surface area contributed by atoms with Gasteiger partial charge in [0.25, 0.3) is 17.5 Å². The summed E-state index contributed by atoms with van der Waals surface area (Å²) in [6, 6.07) is 9.49. The van der Waals surface area contributed by atoms with E-state index in [1.54, 1.807) is 17.0 Å². The van der Waals surface area contributed by atoms with E-state index in [0.717, 1.165) is 16.5 Å². The Morgan fingerprint density at radius 3 is 2.60 bits per heavy atom. The number of nitro groups is 1. The van der Waals surface area contributed by atoms with Crippen LogP contribution in [0.5, 0.6) is 0 Å². The molecule has 2 aliphatic heterocycles. The highest BCUT2D eigenvalue weighted by Crippen LogP contribution is 2.31. The third-order valence-corrected chi connectivity index (χ3v) is 6.24. The van der Waals surface area contributed by atoms with Crippen molar-refractivity contribution in [3.05, 3.63) is 80.8 Å². The van der Waals surface area contributed by atoms with Crippen LogP contribution in [0.2, 0.25) is 0 Å². The summed E-state index contributed by atoms with van der Waals surface area (Å²) >= 11 is 0. The molecule has 2 aliphatic rings. The number of hydrogen-bond donors (Lipinski definition) is 0. The minimum atomic E-state index is -0.624. The number of non-ortho nitro benzene ring substituents is 1. The Kier molecular flexibility index (Phi) is 5.59. The summed E-state index contributed by atoms with van der Waals surface area (Å²) in [6.45, 7) is 0.761. The minimum absolute atomic E-state index is 0.00192. The molecule has 3 aromatic rings. The molecule has 11 heteroatoms. The van der Waals surface area contributed by atoms with E-state index < -0.39 is 16.7 Å². The lowest BCUT2D eigenvalue weighted by Crippen LogP contribution is -2.37. The van der Waals surface area contributed by atoms with Gasteiger partial charge in [-0.15, -0.1) is 0 Å². The van der Waals surface area contributed by atoms with Gasteiger partial charge in [-0.2, -0.15) is 0 Å². The molecule has 0 spiro atoms. The molecule has 0 radical (unpaired) electrons. The predicted molar refractivity (Wildman–Crippen MR) is 119 cm³/mol. The van der Waals surface area contributed by atoms with Crippen LogP contribution in [0.3, 0.4) is 0 Å². The molecular formula is C24H19FN4O6. The van der Waals surface area contributed by atoms with Gasteiger partial charge in [-0.1, -0.05) is 5.16 Å². The number of rotatable bonds is 6. The van der Waals surface area contributed by atoms with Gasteiger partial charge in [0.15, 0.2) is 5.76 Å². The van der Waals surface area contributed by atoms with Crippen LogP contribution in [0.25, 0.3) is 11.3 Å². The lowest BCUT2D eigenvalue weighted by molar-refractivity contribution is -0.384. The van der Waals surface area contributed by atoms with Gasteiger partial charge in [-0.3, -0.25) is 29.4 Å². The topological polar surface area (TPSA) is 127 Å².